The summed E-state index contributed by atoms with van der Waals surface area (Å²) >= 11 is 0. The van der Waals surface area contributed by atoms with E-state index in [0.29, 0.717) is 11.3 Å². The van der Waals surface area contributed by atoms with E-state index in [4.69, 9.17) is 15.2 Å². The number of esters is 1. The van der Waals surface area contributed by atoms with E-state index in [1.165, 1.54) is 0 Å². The van der Waals surface area contributed by atoms with Crippen LogP contribution in [0, 0.1) is 0 Å². The molecule has 1 rings (SSSR count). The summed E-state index contributed by atoms with van der Waals surface area (Å²) in [6.07, 6.45) is -0.698. The Hall–Kier alpha value is -2.24. The van der Waals surface area contributed by atoms with Gasteiger partial charge in [-0.05, 0) is 59.2 Å². The van der Waals surface area contributed by atoms with Crippen molar-refractivity contribution in [1.82, 2.24) is 5.32 Å². The third-order valence-corrected chi connectivity index (χ3v) is 2.55. The first-order valence-corrected chi connectivity index (χ1v) is 7.45. The van der Waals surface area contributed by atoms with E-state index in [9.17, 15) is 9.59 Å². The van der Waals surface area contributed by atoms with Crippen molar-refractivity contribution in [3.8, 4) is 0 Å². The molecule has 0 aliphatic rings. The maximum absolute atomic E-state index is 12.4. The van der Waals surface area contributed by atoms with Gasteiger partial charge >= 0.3 is 12.1 Å². The number of rotatable bonds is 3. The number of amides is 1. The van der Waals surface area contributed by atoms with Crippen molar-refractivity contribution in [3.05, 3.63) is 29.8 Å². The molecule has 0 fully saturated rings. The Labute approximate surface area is 137 Å². The summed E-state index contributed by atoms with van der Waals surface area (Å²) in [7, 11) is 0. The quantitative estimate of drug-likeness (QED) is 0.659. The van der Waals surface area contributed by atoms with E-state index < -0.39 is 29.3 Å². The fourth-order valence-corrected chi connectivity index (χ4v) is 1.80. The summed E-state index contributed by atoms with van der Waals surface area (Å²) in [5.41, 5.74) is 5.44. The monoisotopic (exact) mass is 322 g/mol. The van der Waals surface area contributed by atoms with Crippen LogP contribution in [0.3, 0.4) is 0 Å². The maximum atomic E-state index is 12.4. The van der Waals surface area contributed by atoms with Crippen LogP contribution < -0.4 is 11.1 Å². The molecule has 0 aliphatic heterocycles. The van der Waals surface area contributed by atoms with Crippen LogP contribution in [0.25, 0.3) is 0 Å². The summed E-state index contributed by atoms with van der Waals surface area (Å²) in [5.74, 6) is -0.575. The van der Waals surface area contributed by atoms with Gasteiger partial charge in [0.05, 0.1) is 0 Å². The lowest BCUT2D eigenvalue weighted by atomic mass is 10.1. The highest BCUT2D eigenvalue weighted by Crippen LogP contribution is 2.21. The highest BCUT2D eigenvalue weighted by molar-refractivity contribution is 5.83. The van der Waals surface area contributed by atoms with E-state index in [0.717, 1.165) is 0 Å². The molecular formula is C17H26N2O4. The molecule has 0 aliphatic carbocycles. The smallest absolute Gasteiger partial charge is 0.408 e. The Kier molecular flexibility index (Phi) is 5.64. The van der Waals surface area contributed by atoms with Gasteiger partial charge in [-0.2, -0.15) is 0 Å². The molecule has 0 unspecified atom stereocenters. The second-order valence-corrected chi connectivity index (χ2v) is 7.28. The van der Waals surface area contributed by atoms with Gasteiger partial charge in [0.15, 0.2) is 6.04 Å². The summed E-state index contributed by atoms with van der Waals surface area (Å²) in [5, 5.41) is 2.55. The van der Waals surface area contributed by atoms with Gasteiger partial charge < -0.3 is 20.5 Å². The number of alkyl carbamates (subject to hydrolysis) is 1. The van der Waals surface area contributed by atoms with E-state index in [2.05, 4.69) is 5.32 Å². The third-order valence-electron chi connectivity index (χ3n) is 2.55. The number of nitrogens with two attached hydrogens (primary N) is 1. The Morgan fingerprint density at radius 2 is 1.61 bits per heavy atom. The highest BCUT2D eigenvalue weighted by Gasteiger charge is 2.30. The van der Waals surface area contributed by atoms with Gasteiger partial charge in [0.1, 0.15) is 11.2 Å². The van der Waals surface area contributed by atoms with Crippen LogP contribution in [-0.2, 0) is 14.3 Å². The number of carbonyl (C=O) groups excluding carboxylic acids is 2. The van der Waals surface area contributed by atoms with Crippen molar-refractivity contribution in [2.75, 3.05) is 5.73 Å². The predicted octanol–water partition coefficient (Wildman–Crippen LogP) is 3.18. The van der Waals surface area contributed by atoms with Crippen molar-refractivity contribution in [2.45, 2.75) is 58.8 Å². The molecule has 1 aromatic carbocycles. The molecule has 0 radical (unpaired) electrons. The van der Waals surface area contributed by atoms with Crippen molar-refractivity contribution in [2.24, 2.45) is 0 Å². The second kappa shape index (κ2) is 6.89. The van der Waals surface area contributed by atoms with E-state index in [-0.39, 0.29) is 0 Å². The second-order valence-electron chi connectivity index (χ2n) is 7.28. The molecule has 1 aromatic rings. The zero-order valence-corrected chi connectivity index (χ0v) is 14.6. The molecule has 6 nitrogen and oxygen atoms in total. The average molecular weight is 322 g/mol. The minimum atomic E-state index is -0.993. The molecule has 0 spiro atoms. The summed E-state index contributed by atoms with van der Waals surface area (Å²) in [4.78, 5) is 24.5. The van der Waals surface area contributed by atoms with Gasteiger partial charge in [-0.3, -0.25) is 0 Å². The molecule has 1 atom stereocenters. The maximum Gasteiger partial charge on any atom is 0.408 e. The normalized spacial score (nSPS) is 13.1. The first-order valence-electron chi connectivity index (χ1n) is 7.45. The predicted molar refractivity (Wildman–Crippen MR) is 88.8 cm³/mol. The fraction of sp³-hybridized carbons (Fsp3) is 0.529. The average Bonchev–Trinajstić information content (AvgIpc) is 2.31. The van der Waals surface area contributed by atoms with Crippen LogP contribution >= 0.6 is 0 Å². The minimum Gasteiger partial charge on any atom is -0.458 e. The highest BCUT2D eigenvalue weighted by atomic mass is 16.6. The number of ether oxygens (including phenoxy) is 2. The van der Waals surface area contributed by atoms with Gasteiger partial charge in [0.2, 0.25) is 0 Å². The minimum absolute atomic E-state index is 0.488. The van der Waals surface area contributed by atoms with Crippen molar-refractivity contribution in [3.63, 3.8) is 0 Å². The summed E-state index contributed by atoms with van der Waals surface area (Å²) in [6, 6.07) is 5.73. The van der Waals surface area contributed by atoms with Gasteiger partial charge in [-0.15, -0.1) is 0 Å². The number of hydrogen-bond acceptors (Lipinski definition) is 5. The standard InChI is InChI=1S/C17H26N2O4/c1-16(2,3)22-14(20)13(11-8-7-9-12(18)10-11)19-15(21)23-17(4,5)6/h7-10,13H,18H2,1-6H3,(H,19,21)/t13-/m0/s1. The molecule has 0 bridgehead atoms. The van der Waals surface area contributed by atoms with Crippen molar-refractivity contribution < 1.29 is 19.1 Å². The van der Waals surface area contributed by atoms with Gasteiger partial charge in [-0.25, -0.2) is 9.59 Å². The molecule has 0 heterocycles. The molecule has 1 amide bonds. The van der Waals surface area contributed by atoms with E-state index >= 15 is 0 Å². The molecule has 23 heavy (non-hydrogen) atoms. The van der Waals surface area contributed by atoms with Crippen LogP contribution in [0.2, 0.25) is 0 Å². The molecule has 6 heteroatoms. The summed E-state index contributed by atoms with van der Waals surface area (Å²) in [6.45, 7) is 10.5. The Balaban J connectivity index is 3.02. The number of nitrogens with one attached hydrogen (secondary N) is 1. The molecule has 0 saturated carbocycles. The van der Waals surface area contributed by atoms with Crippen LogP contribution in [-0.4, -0.2) is 23.3 Å². The van der Waals surface area contributed by atoms with Gasteiger partial charge in [0, 0.05) is 5.69 Å². The molecule has 0 aromatic heterocycles. The van der Waals surface area contributed by atoms with E-state index in [1.807, 2.05) is 0 Å². The molecule has 128 valence electrons. The third kappa shape index (κ3) is 7.04. The molecular weight excluding hydrogens is 296 g/mol. The number of nitrogen functional groups attached to an aromatic ring is 1. The number of benzene rings is 1. The van der Waals surface area contributed by atoms with Gasteiger partial charge in [-0.1, -0.05) is 12.1 Å². The molecule has 3 N–H and O–H groups in total. The Bertz CT molecular complexity index is 571. The largest absolute Gasteiger partial charge is 0.458 e. The zero-order valence-electron chi connectivity index (χ0n) is 14.6. The number of anilines is 1. The Morgan fingerprint density at radius 3 is 2.09 bits per heavy atom. The van der Waals surface area contributed by atoms with Crippen molar-refractivity contribution >= 4 is 17.7 Å². The van der Waals surface area contributed by atoms with Crippen LogP contribution in [0.15, 0.2) is 24.3 Å². The number of hydrogen-bond donors (Lipinski definition) is 2. The summed E-state index contributed by atoms with van der Waals surface area (Å²) < 4.78 is 10.6. The fourth-order valence-electron chi connectivity index (χ4n) is 1.80. The lowest BCUT2D eigenvalue weighted by molar-refractivity contribution is -0.157. The molecule has 0 saturated heterocycles. The first-order chi connectivity index (χ1) is 10.4. The van der Waals surface area contributed by atoms with Crippen molar-refractivity contribution in [1.29, 1.82) is 0 Å². The Morgan fingerprint density at radius 1 is 1.04 bits per heavy atom. The van der Waals surface area contributed by atoms with Crippen LogP contribution in [0.5, 0.6) is 0 Å². The van der Waals surface area contributed by atoms with E-state index in [1.54, 1.807) is 65.8 Å². The first kappa shape index (κ1) is 18.8. The van der Waals surface area contributed by atoms with Crippen LogP contribution in [0.4, 0.5) is 10.5 Å². The zero-order chi connectivity index (χ0) is 17.8. The SMILES string of the molecule is CC(C)(C)OC(=O)N[C@H](C(=O)OC(C)(C)C)c1cccc(N)c1. The van der Waals surface area contributed by atoms with Gasteiger partial charge in [0.25, 0.3) is 0 Å². The van der Waals surface area contributed by atoms with Crippen LogP contribution in [0.1, 0.15) is 53.1 Å². The number of carbonyl (C=O) groups is 2. The lowest BCUT2D eigenvalue weighted by Gasteiger charge is -2.26. The topological polar surface area (TPSA) is 90.6 Å². The lowest BCUT2D eigenvalue weighted by Crippen LogP contribution is -2.40.